The van der Waals surface area contributed by atoms with Crippen molar-refractivity contribution in [2.24, 2.45) is 5.92 Å². The predicted octanol–water partition coefficient (Wildman–Crippen LogP) is 3.62. The lowest BCUT2D eigenvalue weighted by molar-refractivity contribution is -0.134. The molecular formula is C24H26N2O4S. The van der Waals surface area contributed by atoms with Crippen molar-refractivity contribution < 1.29 is 19.1 Å². The molecule has 2 amide bonds. The van der Waals surface area contributed by atoms with E-state index in [1.54, 1.807) is 11.8 Å². The maximum Gasteiger partial charge on any atom is 0.255 e. The van der Waals surface area contributed by atoms with E-state index < -0.39 is 0 Å². The monoisotopic (exact) mass is 438 g/mol. The zero-order valence-corrected chi connectivity index (χ0v) is 18.4. The van der Waals surface area contributed by atoms with Gasteiger partial charge in [-0.1, -0.05) is 25.1 Å². The summed E-state index contributed by atoms with van der Waals surface area (Å²) >= 11 is 1.69. The second-order valence-electron chi connectivity index (χ2n) is 8.11. The van der Waals surface area contributed by atoms with Crippen LogP contribution in [0.2, 0.25) is 0 Å². The lowest BCUT2D eigenvalue weighted by atomic mass is 10.1. The molecule has 31 heavy (non-hydrogen) atoms. The molecule has 3 aliphatic rings. The molecule has 2 atom stereocenters. The van der Waals surface area contributed by atoms with Crippen LogP contribution in [0.15, 0.2) is 47.4 Å². The van der Waals surface area contributed by atoms with Crippen LogP contribution in [-0.2, 0) is 4.79 Å². The number of benzene rings is 2. The summed E-state index contributed by atoms with van der Waals surface area (Å²) in [6.07, 6.45) is 0.874. The van der Waals surface area contributed by atoms with Crippen molar-refractivity contribution in [1.29, 1.82) is 0 Å². The zero-order chi connectivity index (χ0) is 21.4. The Kier molecular flexibility index (Phi) is 5.52. The molecule has 0 spiro atoms. The average molecular weight is 439 g/mol. The molecular weight excluding hydrogens is 412 g/mol. The minimum atomic E-state index is 0.0318. The highest BCUT2D eigenvalue weighted by Gasteiger charge is 2.46. The van der Waals surface area contributed by atoms with Crippen LogP contribution in [0.5, 0.6) is 11.5 Å². The van der Waals surface area contributed by atoms with Gasteiger partial charge in [0.2, 0.25) is 12.7 Å². The van der Waals surface area contributed by atoms with Gasteiger partial charge in [0.25, 0.3) is 5.91 Å². The second kappa shape index (κ2) is 8.46. The number of nitrogens with zero attached hydrogens (tertiary/aromatic N) is 2. The normalized spacial score (nSPS) is 21.8. The number of amides is 2. The van der Waals surface area contributed by atoms with Crippen LogP contribution < -0.4 is 9.47 Å². The Morgan fingerprint density at radius 3 is 2.55 bits per heavy atom. The Balaban J connectivity index is 1.18. The number of thioether (sulfide) groups is 1. The van der Waals surface area contributed by atoms with Crippen LogP contribution in [0.1, 0.15) is 35.2 Å². The largest absolute Gasteiger partial charge is 0.454 e. The van der Waals surface area contributed by atoms with Gasteiger partial charge in [0.05, 0.1) is 5.56 Å². The molecule has 2 aromatic carbocycles. The molecule has 2 heterocycles. The van der Waals surface area contributed by atoms with E-state index in [4.69, 9.17) is 9.47 Å². The number of ether oxygens (including phenoxy) is 2. The average Bonchev–Trinajstić information content (AvgIpc) is 3.47. The highest BCUT2D eigenvalue weighted by molar-refractivity contribution is 7.99. The molecule has 5 rings (SSSR count). The summed E-state index contributed by atoms with van der Waals surface area (Å²) in [4.78, 5) is 30.9. The van der Waals surface area contributed by atoms with E-state index in [1.165, 1.54) is 0 Å². The van der Waals surface area contributed by atoms with Crippen molar-refractivity contribution in [2.45, 2.75) is 24.2 Å². The molecule has 2 aromatic rings. The maximum atomic E-state index is 13.0. The summed E-state index contributed by atoms with van der Waals surface area (Å²) in [5, 5.41) is 0. The quantitative estimate of drug-likeness (QED) is 0.668. The van der Waals surface area contributed by atoms with Gasteiger partial charge >= 0.3 is 0 Å². The molecule has 2 unspecified atom stereocenters. The van der Waals surface area contributed by atoms with Crippen LogP contribution in [-0.4, -0.2) is 60.3 Å². The number of carbonyl (C=O) groups excluding carboxylic acids is 2. The van der Waals surface area contributed by atoms with Crippen molar-refractivity contribution in [3.05, 3.63) is 53.6 Å². The van der Waals surface area contributed by atoms with Crippen LogP contribution in [0, 0.1) is 5.92 Å². The molecule has 0 radical (unpaired) electrons. The number of hydrogen-bond donors (Lipinski definition) is 0. The van der Waals surface area contributed by atoms with Gasteiger partial charge in [0.15, 0.2) is 11.5 Å². The summed E-state index contributed by atoms with van der Waals surface area (Å²) in [5.74, 6) is 3.02. The van der Waals surface area contributed by atoms with Crippen LogP contribution in [0.25, 0.3) is 0 Å². The summed E-state index contributed by atoms with van der Waals surface area (Å²) in [6, 6.07) is 13.8. The molecule has 7 heteroatoms. The fraction of sp³-hybridized carbons (Fsp3) is 0.417. The van der Waals surface area contributed by atoms with E-state index >= 15 is 0 Å². The van der Waals surface area contributed by atoms with Crippen molar-refractivity contribution in [1.82, 2.24) is 9.80 Å². The summed E-state index contributed by atoms with van der Waals surface area (Å²) in [6.45, 7) is 4.70. The Hall–Kier alpha value is -2.67. The highest BCUT2D eigenvalue weighted by Crippen LogP contribution is 2.50. The third-order valence-electron chi connectivity index (χ3n) is 6.23. The van der Waals surface area contributed by atoms with E-state index in [9.17, 15) is 9.59 Å². The fourth-order valence-corrected chi connectivity index (χ4v) is 5.24. The standard InChI is InChI=1S/C24H26N2O4S/c1-2-31-22-6-4-3-5-17(22)23(27)25-9-11-26(12-10-25)24(28)19-14-18(19)16-7-8-20-21(13-16)30-15-29-20/h3-8,13,18-19H,2,9-12,14-15H2,1H3. The van der Waals surface area contributed by atoms with E-state index in [2.05, 4.69) is 6.92 Å². The SMILES string of the molecule is CCSc1ccccc1C(=O)N1CCN(C(=O)C2CC2c2ccc3c(c2)OCO3)CC1. The molecule has 1 saturated carbocycles. The molecule has 2 aliphatic heterocycles. The van der Waals surface area contributed by atoms with Gasteiger partial charge in [-0.3, -0.25) is 9.59 Å². The van der Waals surface area contributed by atoms with Gasteiger partial charge in [0, 0.05) is 37.0 Å². The predicted molar refractivity (Wildman–Crippen MR) is 119 cm³/mol. The van der Waals surface area contributed by atoms with E-state index in [1.807, 2.05) is 52.3 Å². The number of piperazine rings is 1. The molecule has 0 aromatic heterocycles. The summed E-state index contributed by atoms with van der Waals surface area (Å²) in [5.41, 5.74) is 1.90. The highest BCUT2D eigenvalue weighted by atomic mass is 32.2. The van der Waals surface area contributed by atoms with Gasteiger partial charge in [-0.15, -0.1) is 11.8 Å². The third kappa shape index (κ3) is 3.99. The van der Waals surface area contributed by atoms with Crippen LogP contribution >= 0.6 is 11.8 Å². The first-order chi connectivity index (χ1) is 15.2. The minimum absolute atomic E-state index is 0.0318. The van der Waals surface area contributed by atoms with Crippen LogP contribution in [0.3, 0.4) is 0 Å². The van der Waals surface area contributed by atoms with Gasteiger partial charge in [-0.2, -0.15) is 0 Å². The Bertz CT molecular complexity index is 1000. The summed E-state index contributed by atoms with van der Waals surface area (Å²) in [7, 11) is 0. The fourth-order valence-electron chi connectivity index (χ4n) is 4.44. The smallest absolute Gasteiger partial charge is 0.255 e. The van der Waals surface area contributed by atoms with E-state index in [-0.39, 0.29) is 30.4 Å². The van der Waals surface area contributed by atoms with Crippen molar-refractivity contribution in [3.63, 3.8) is 0 Å². The molecule has 2 fully saturated rings. The molecule has 0 N–H and O–H groups in total. The molecule has 162 valence electrons. The lowest BCUT2D eigenvalue weighted by Crippen LogP contribution is -2.51. The first kappa shape index (κ1) is 20.2. The van der Waals surface area contributed by atoms with Gasteiger partial charge < -0.3 is 19.3 Å². The number of carbonyl (C=O) groups is 2. The minimum Gasteiger partial charge on any atom is -0.454 e. The molecule has 1 saturated heterocycles. The van der Waals surface area contributed by atoms with Crippen molar-refractivity contribution in [2.75, 3.05) is 38.7 Å². The topological polar surface area (TPSA) is 59.1 Å². The third-order valence-corrected chi connectivity index (χ3v) is 7.18. The zero-order valence-electron chi connectivity index (χ0n) is 17.6. The van der Waals surface area contributed by atoms with Crippen LogP contribution in [0.4, 0.5) is 0 Å². The number of hydrogen-bond acceptors (Lipinski definition) is 5. The molecule has 0 bridgehead atoms. The summed E-state index contributed by atoms with van der Waals surface area (Å²) < 4.78 is 10.8. The second-order valence-corrected chi connectivity index (χ2v) is 9.41. The Morgan fingerprint density at radius 1 is 1.00 bits per heavy atom. The molecule has 1 aliphatic carbocycles. The van der Waals surface area contributed by atoms with Gasteiger partial charge in [-0.05, 0) is 47.9 Å². The molecule has 6 nitrogen and oxygen atoms in total. The van der Waals surface area contributed by atoms with Gasteiger partial charge in [0.1, 0.15) is 0 Å². The van der Waals surface area contributed by atoms with E-state index in [0.29, 0.717) is 26.2 Å². The Morgan fingerprint density at radius 2 is 1.74 bits per heavy atom. The number of rotatable bonds is 5. The van der Waals surface area contributed by atoms with E-state index in [0.717, 1.165) is 39.7 Å². The maximum absolute atomic E-state index is 13.0. The Labute approximate surface area is 186 Å². The number of fused-ring (bicyclic) bond motifs is 1. The first-order valence-corrected chi connectivity index (χ1v) is 11.8. The lowest BCUT2D eigenvalue weighted by Gasteiger charge is -2.35. The van der Waals surface area contributed by atoms with Crippen molar-refractivity contribution in [3.8, 4) is 11.5 Å². The van der Waals surface area contributed by atoms with Gasteiger partial charge in [-0.25, -0.2) is 0 Å². The first-order valence-electron chi connectivity index (χ1n) is 10.8. The van der Waals surface area contributed by atoms with Crippen molar-refractivity contribution >= 4 is 23.6 Å².